The van der Waals surface area contributed by atoms with Gasteiger partial charge in [0.1, 0.15) is 5.78 Å². The first-order chi connectivity index (χ1) is 10.1. The minimum Gasteiger partial charge on any atom is -0.382 e. The van der Waals surface area contributed by atoms with Crippen LogP contribution in [0.25, 0.3) is 0 Å². The van der Waals surface area contributed by atoms with Crippen LogP contribution in [0.3, 0.4) is 0 Å². The molecule has 0 aliphatic carbocycles. The Balaban J connectivity index is 2.01. The molecule has 21 heavy (non-hydrogen) atoms. The molecular formula is C14H23NO6. The van der Waals surface area contributed by atoms with Crippen molar-refractivity contribution in [3.63, 3.8) is 0 Å². The Hall–Kier alpha value is -1.47. The number of hydroxylamine groups is 2. The Morgan fingerprint density at radius 1 is 1.14 bits per heavy atom. The first-order valence-corrected chi connectivity index (χ1v) is 7.23. The highest BCUT2D eigenvalue weighted by Gasteiger charge is 2.24. The molecule has 1 amide bonds. The normalized spacial score (nSPS) is 14.5. The molecule has 7 heteroatoms. The molecule has 0 radical (unpaired) electrons. The van der Waals surface area contributed by atoms with Crippen molar-refractivity contribution in [3.8, 4) is 0 Å². The first-order valence-electron chi connectivity index (χ1n) is 7.23. The second kappa shape index (κ2) is 10.3. The summed E-state index contributed by atoms with van der Waals surface area (Å²) in [6.45, 7) is 2.00. The largest absolute Gasteiger partial charge is 0.382 e. The number of rotatable bonds is 11. The highest BCUT2D eigenvalue weighted by Crippen LogP contribution is 2.11. The number of carbonyl (C=O) groups is 3. The average Bonchev–Trinajstić information content (AvgIpc) is 2.86. The lowest BCUT2D eigenvalue weighted by atomic mass is 10.1. The zero-order valence-corrected chi connectivity index (χ0v) is 12.5. The average molecular weight is 301 g/mol. The van der Waals surface area contributed by atoms with Crippen molar-refractivity contribution in [2.75, 3.05) is 33.5 Å². The van der Waals surface area contributed by atoms with Crippen molar-refractivity contribution in [1.82, 2.24) is 5.06 Å². The monoisotopic (exact) mass is 301 g/mol. The van der Waals surface area contributed by atoms with Gasteiger partial charge in [-0.2, -0.15) is 5.06 Å². The van der Waals surface area contributed by atoms with Crippen molar-refractivity contribution in [2.45, 2.75) is 38.5 Å². The summed E-state index contributed by atoms with van der Waals surface area (Å²) in [7, 11) is 1.60. The van der Waals surface area contributed by atoms with Gasteiger partial charge in [0.15, 0.2) is 0 Å². The number of ketones is 1. The zero-order chi connectivity index (χ0) is 15.5. The summed E-state index contributed by atoms with van der Waals surface area (Å²) in [4.78, 5) is 39.2. The lowest BCUT2D eigenvalue weighted by molar-refractivity contribution is -0.193. The fourth-order valence-corrected chi connectivity index (χ4v) is 1.87. The van der Waals surface area contributed by atoms with Crippen LogP contribution >= 0.6 is 0 Å². The van der Waals surface area contributed by atoms with E-state index in [2.05, 4.69) is 0 Å². The molecule has 0 unspecified atom stereocenters. The molecule has 0 aromatic carbocycles. The molecule has 1 fully saturated rings. The molecule has 1 saturated heterocycles. The van der Waals surface area contributed by atoms with E-state index in [0.29, 0.717) is 52.0 Å². The van der Waals surface area contributed by atoms with Crippen LogP contribution in [0.2, 0.25) is 0 Å². The van der Waals surface area contributed by atoms with E-state index in [0.717, 1.165) is 5.06 Å². The highest BCUT2D eigenvalue weighted by atomic mass is 16.7. The Bertz CT molecular complexity index is 357. The maximum absolute atomic E-state index is 11.6. The Labute approximate surface area is 124 Å². The first kappa shape index (κ1) is 17.6. The fraction of sp³-hybridized carbons (Fsp3) is 0.786. The third-order valence-electron chi connectivity index (χ3n) is 3.03. The molecule has 1 heterocycles. The van der Waals surface area contributed by atoms with Crippen molar-refractivity contribution >= 4 is 17.7 Å². The van der Waals surface area contributed by atoms with Gasteiger partial charge in [-0.15, -0.1) is 0 Å². The second-order valence-electron chi connectivity index (χ2n) is 4.81. The summed E-state index contributed by atoms with van der Waals surface area (Å²) in [5, 5.41) is 1.08. The summed E-state index contributed by atoms with van der Waals surface area (Å²) in [6.07, 6.45) is 2.26. The number of hydrogen-bond acceptors (Lipinski definition) is 6. The number of ether oxygens (including phenoxy) is 2. The van der Waals surface area contributed by atoms with Gasteiger partial charge in [-0.25, -0.2) is 4.79 Å². The molecule has 0 aromatic heterocycles. The number of hydrogen-bond donors (Lipinski definition) is 0. The summed E-state index contributed by atoms with van der Waals surface area (Å²) < 4.78 is 10.1. The van der Waals surface area contributed by atoms with Crippen molar-refractivity contribution in [3.05, 3.63) is 0 Å². The predicted octanol–water partition coefficient (Wildman–Crippen LogP) is 0.859. The molecule has 0 atom stereocenters. The Morgan fingerprint density at radius 3 is 2.62 bits per heavy atom. The maximum Gasteiger partial charge on any atom is 0.332 e. The second-order valence-corrected chi connectivity index (χ2v) is 4.81. The van der Waals surface area contributed by atoms with Gasteiger partial charge in [-0.1, -0.05) is 0 Å². The molecule has 7 nitrogen and oxygen atoms in total. The molecule has 0 saturated carbocycles. The molecule has 1 rings (SSSR count). The summed E-state index contributed by atoms with van der Waals surface area (Å²) in [5.74, 6) is -0.715. The molecular weight excluding hydrogens is 278 g/mol. The van der Waals surface area contributed by atoms with Gasteiger partial charge >= 0.3 is 5.97 Å². The highest BCUT2D eigenvalue weighted by molar-refractivity contribution is 5.84. The molecule has 0 N–H and O–H groups in total. The van der Waals surface area contributed by atoms with Crippen LogP contribution in [0, 0.1) is 0 Å². The minimum absolute atomic E-state index is 0.00459. The molecule has 0 aromatic rings. The number of Topliss-reactive ketones (excluding diaryl/α,β-unsaturated/α-hetero) is 1. The van der Waals surface area contributed by atoms with Crippen LogP contribution in [0.5, 0.6) is 0 Å². The van der Waals surface area contributed by atoms with Crippen LogP contribution in [0.1, 0.15) is 38.5 Å². The SMILES string of the molecule is COCCOCCCC(=O)CCC(=O)ON1CCCC1=O. The van der Waals surface area contributed by atoms with E-state index in [1.807, 2.05) is 0 Å². The van der Waals surface area contributed by atoms with Gasteiger partial charge in [0.25, 0.3) is 5.91 Å². The van der Waals surface area contributed by atoms with Gasteiger partial charge < -0.3 is 14.3 Å². The fourth-order valence-electron chi connectivity index (χ4n) is 1.87. The third-order valence-corrected chi connectivity index (χ3v) is 3.03. The topological polar surface area (TPSA) is 82.1 Å². The van der Waals surface area contributed by atoms with Gasteiger partial charge in [-0.3, -0.25) is 9.59 Å². The van der Waals surface area contributed by atoms with Gasteiger partial charge in [0, 0.05) is 33.0 Å². The number of amides is 1. The maximum atomic E-state index is 11.6. The molecule has 1 aliphatic heterocycles. The van der Waals surface area contributed by atoms with E-state index in [1.54, 1.807) is 7.11 Å². The summed E-state index contributed by atoms with van der Waals surface area (Å²) in [5.41, 5.74) is 0. The van der Waals surface area contributed by atoms with Crippen LogP contribution in [-0.2, 0) is 28.7 Å². The van der Waals surface area contributed by atoms with Crippen LogP contribution in [0.4, 0.5) is 0 Å². The lowest BCUT2D eigenvalue weighted by Gasteiger charge is -2.13. The molecule has 120 valence electrons. The number of methoxy groups -OCH3 is 1. The van der Waals surface area contributed by atoms with Gasteiger partial charge in [0.05, 0.1) is 26.2 Å². The van der Waals surface area contributed by atoms with Crippen LogP contribution in [0.15, 0.2) is 0 Å². The zero-order valence-electron chi connectivity index (χ0n) is 12.5. The van der Waals surface area contributed by atoms with Crippen molar-refractivity contribution in [1.29, 1.82) is 0 Å². The molecule has 0 spiro atoms. The smallest absolute Gasteiger partial charge is 0.332 e. The van der Waals surface area contributed by atoms with Crippen molar-refractivity contribution < 1.29 is 28.7 Å². The summed E-state index contributed by atoms with van der Waals surface area (Å²) in [6, 6.07) is 0. The predicted molar refractivity (Wildman–Crippen MR) is 73.2 cm³/mol. The molecule has 0 bridgehead atoms. The number of nitrogens with zero attached hydrogens (tertiary/aromatic N) is 1. The molecule has 1 aliphatic rings. The standard InChI is InChI=1S/C14H23NO6/c1-19-10-11-20-9-3-4-12(16)6-7-14(18)21-15-8-2-5-13(15)17/h2-11H2,1H3. The van der Waals surface area contributed by atoms with Crippen molar-refractivity contribution in [2.24, 2.45) is 0 Å². The Morgan fingerprint density at radius 2 is 1.95 bits per heavy atom. The van der Waals surface area contributed by atoms with E-state index in [-0.39, 0.29) is 24.5 Å². The third kappa shape index (κ3) is 7.77. The van der Waals surface area contributed by atoms with Crippen LogP contribution in [-0.4, -0.2) is 56.2 Å². The number of carbonyl (C=O) groups excluding carboxylic acids is 3. The quantitative estimate of drug-likeness (QED) is 0.526. The Kier molecular flexibility index (Phi) is 8.61. The van der Waals surface area contributed by atoms with E-state index < -0.39 is 5.97 Å². The van der Waals surface area contributed by atoms with E-state index in [9.17, 15) is 14.4 Å². The van der Waals surface area contributed by atoms with Gasteiger partial charge in [0.2, 0.25) is 0 Å². The minimum atomic E-state index is -0.532. The van der Waals surface area contributed by atoms with E-state index in [1.165, 1.54) is 0 Å². The van der Waals surface area contributed by atoms with E-state index in [4.69, 9.17) is 14.3 Å². The summed E-state index contributed by atoms with van der Waals surface area (Å²) >= 11 is 0. The lowest BCUT2D eigenvalue weighted by Crippen LogP contribution is -2.28. The van der Waals surface area contributed by atoms with Gasteiger partial charge in [-0.05, 0) is 12.8 Å². The van der Waals surface area contributed by atoms with Crippen LogP contribution < -0.4 is 0 Å². The van der Waals surface area contributed by atoms with E-state index >= 15 is 0 Å².